The van der Waals surface area contributed by atoms with E-state index in [-0.39, 0.29) is 11.9 Å². The number of hydrogen-bond acceptors (Lipinski definition) is 2. The summed E-state index contributed by atoms with van der Waals surface area (Å²) in [6.07, 6.45) is 2.92. The molecule has 0 aromatic rings. The summed E-state index contributed by atoms with van der Waals surface area (Å²) in [5.41, 5.74) is 0. The number of likely N-dealkylation sites (N-methyl/N-ethyl adjacent to an activating group) is 1. The lowest BCUT2D eigenvalue weighted by Crippen LogP contribution is -2.38. The van der Waals surface area contributed by atoms with Gasteiger partial charge in [-0.2, -0.15) is 0 Å². The van der Waals surface area contributed by atoms with Crippen molar-refractivity contribution in [1.29, 1.82) is 0 Å². The minimum atomic E-state index is 0.0375. The third-order valence-electron chi connectivity index (χ3n) is 2.82. The van der Waals surface area contributed by atoms with Crippen molar-refractivity contribution < 1.29 is 4.79 Å². The predicted octanol–water partition coefficient (Wildman–Crippen LogP) is 0.563. The molecule has 2 atom stereocenters. The summed E-state index contributed by atoms with van der Waals surface area (Å²) in [4.78, 5) is 13.5. The zero-order valence-corrected chi connectivity index (χ0v) is 7.71. The first kappa shape index (κ1) is 8.05. The first-order valence-electron chi connectivity index (χ1n) is 4.80. The Kier molecular flexibility index (Phi) is 1.83. The van der Waals surface area contributed by atoms with Gasteiger partial charge in [-0.1, -0.05) is 0 Å². The lowest BCUT2D eigenvalue weighted by atomic mass is 10.3. The second kappa shape index (κ2) is 2.73. The van der Waals surface area contributed by atoms with Crippen LogP contribution in [0.2, 0.25) is 0 Å². The zero-order valence-electron chi connectivity index (χ0n) is 7.71. The van der Waals surface area contributed by atoms with E-state index in [4.69, 9.17) is 0 Å². The molecule has 1 aliphatic heterocycles. The topological polar surface area (TPSA) is 32.3 Å². The average molecular weight is 168 g/mol. The molecule has 12 heavy (non-hydrogen) atoms. The predicted molar refractivity (Wildman–Crippen MR) is 46.5 cm³/mol. The second-order valence-electron chi connectivity index (χ2n) is 3.79. The molecule has 0 radical (unpaired) electrons. The number of nitrogens with one attached hydrogen (secondary N) is 1. The van der Waals surface area contributed by atoms with Gasteiger partial charge in [0.05, 0.1) is 12.2 Å². The van der Waals surface area contributed by atoms with E-state index in [9.17, 15) is 4.79 Å². The van der Waals surface area contributed by atoms with Gasteiger partial charge in [0.1, 0.15) is 0 Å². The largest absolute Gasteiger partial charge is 0.326 e. The Bertz CT molecular complexity index is 201. The van der Waals surface area contributed by atoms with Crippen LogP contribution in [0.1, 0.15) is 26.7 Å². The summed E-state index contributed by atoms with van der Waals surface area (Å²) in [6, 6.07) is 0.0375. The number of nitrogens with zero attached hydrogens (tertiary/aromatic N) is 1. The molecule has 1 N–H and O–H groups in total. The number of hydrogen-bond donors (Lipinski definition) is 1. The molecule has 3 heteroatoms. The van der Waals surface area contributed by atoms with Crippen LogP contribution in [0.3, 0.4) is 0 Å². The van der Waals surface area contributed by atoms with Crippen molar-refractivity contribution in [2.75, 3.05) is 6.54 Å². The van der Waals surface area contributed by atoms with Crippen LogP contribution < -0.4 is 5.32 Å². The van der Waals surface area contributed by atoms with Gasteiger partial charge in [-0.3, -0.25) is 10.1 Å². The molecule has 2 aliphatic rings. The van der Waals surface area contributed by atoms with Gasteiger partial charge in [-0.25, -0.2) is 0 Å². The van der Waals surface area contributed by atoms with Gasteiger partial charge in [0.2, 0.25) is 5.91 Å². The van der Waals surface area contributed by atoms with E-state index in [1.807, 2.05) is 18.7 Å². The lowest BCUT2D eigenvalue weighted by molar-refractivity contribution is -0.129. The van der Waals surface area contributed by atoms with E-state index in [0.29, 0.717) is 6.17 Å². The maximum Gasteiger partial charge on any atom is 0.240 e. The van der Waals surface area contributed by atoms with Crippen molar-refractivity contribution in [2.24, 2.45) is 5.92 Å². The van der Waals surface area contributed by atoms with Crippen LogP contribution >= 0.6 is 0 Å². The Morgan fingerprint density at radius 2 is 2.25 bits per heavy atom. The summed E-state index contributed by atoms with van der Waals surface area (Å²) in [5, 5.41) is 3.34. The normalized spacial score (nSPS) is 36.2. The molecular weight excluding hydrogens is 152 g/mol. The molecule has 0 aromatic carbocycles. The molecule has 0 bridgehead atoms. The fourth-order valence-electron chi connectivity index (χ4n) is 1.96. The Hall–Kier alpha value is -0.570. The second-order valence-corrected chi connectivity index (χ2v) is 3.79. The fourth-order valence-corrected chi connectivity index (χ4v) is 1.96. The van der Waals surface area contributed by atoms with Crippen LogP contribution in [0.15, 0.2) is 0 Å². The van der Waals surface area contributed by atoms with E-state index < -0.39 is 0 Å². The summed E-state index contributed by atoms with van der Waals surface area (Å²) in [5.74, 6) is 1.01. The number of carbonyl (C=O) groups is 1. The molecule has 1 aliphatic carbocycles. The van der Waals surface area contributed by atoms with Gasteiger partial charge in [0.25, 0.3) is 0 Å². The third-order valence-corrected chi connectivity index (χ3v) is 2.82. The molecule has 1 saturated heterocycles. The number of rotatable bonds is 2. The van der Waals surface area contributed by atoms with Gasteiger partial charge >= 0.3 is 0 Å². The number of amides is 1. The van der Waals surface area contributed by atoms with Crippen molar-refractivity contribution in [3.63, 3.8) is 0 Å². The molecule has 1 amide bonds. The maximum atomic E-state index is 11.5. The standard InChI is InChI=1S/C9H16N2O/c1-3-11-8(7-4-5-7)10-6(2)9(11)12/h6-8,10H,3-5H2,1-2H3. The van der Waals surface area contributed by atoms with Crippen LogP contribution in [-0.2, 0) is 4.79 Å². The van der Waals surface area contributed by atoms with Crippen molar-refractivity contribution in [3.8, 4) is 0 Å². The summed E-state index contributed by atoms with van der Waals surface area (Å²) in [7, 11) is 0. The minimum Gasteiger partial charge on any atom is -0.326 e. The first-order valence-corrected chi connectivity index (χ1v) is 4.80. The SMILES string of the molecule is CCN1C(=O)C(C)NC1C1CC1. The van der Waals surface area contributed by atoms with E-state index in [1.54, 1.807) is 0 Å². The van der Waals surface area contributed by atoms with Crippen molar-refractivity contribution >= 4 is 5.91 Å². The van der Waals surface area contributed by atoms with Crippen LogP contribution in [-0.4, -0.2) is 29.6 Å². The summed E-state index contributed by atoms with van der Waals surface area (Å²) in [6.45, 7) is 4.84. The highest BCUT2D eigenvalue weighted by Crippen LogP contribution is 2.36. The third kappa shape index (κ3) is 1.12. The van der Waals surface area contributed by atoms with Crippen LogP contribution in [0.5, 0.6) is 0 Å². The van der Waals surface area contributed by atoms with Gasteiger partial charge in [-0.15, -0.1) is 0 Å². The highest BCUT2D eigenvalue weighted by molar-refractivity contribution is 5.83. The average Bonchev–Trinajstić information content (AvgIpc) is 2.82. The molecule has 2 rings (SSSR count). The minimum absolute atomic E-state index is 0.0375. The summed E-state index contributed by atoms with van der Waals surface area (Å²) >= 11 is 0. The van der Waals surface area contributed by atoms with Crippen LogP contribution in [0.4, 0.5) is 0 Å². The van der Waals surface area contributed by atoms with E-state index in [0.717, 1.165) is 12.5 Å². The molecule has 2 unspecified atom stereocenters. The molecule has 0 spiro atoms. The van der Waals surface area contributed by atoms with E-state index in [1.165, 1.54) is 12.8 Å². The highest BCUT2D eigenvalue weighted by Gasteiger charge is 2.43. The van der Waals surface area contributed by atoms with Crippen LogP contribution in [0.25, 0.3) is 0 Å². The van der Waals surface area contributed by atoms with Crippen molar-refractivity contribution in [3.05, 3.63) is 0 Å². The Labute approximate surface area is 73.1 Å². The fraction of sp³-hybridized carbons (Fsp3) is 0.889. The Morgan fingerprint density at radius 1 is 1.58 bits per heavy atom. The molecule has 0 aromatic heterocycles. The van der Waals surface area contributed by atoms with Gasteiger partial charge in [0, 0.05) is 6.54 Å². The number of carbonyl (C=O) groups excluding carboxylic acids is 1. The molecule has 68 valence electrons. The molecule has 2 fully saturated rings. The molecular formula is C9H16N2O. The van der Waals surface area contributed by atoms with Crippen LogP contribution in [0, 0.1) is 5.92 Å². The van der Waals surface area contributed by atoms with Crippen molar-refractivity contribution in [2.45, 2.75) is 38.9 Å². The molecule has 1 saturated carbocycles. The lowest BCUT2D eigenvalue weighted by Gasteiger charge is -2.21. The quantitative estimate of drug-likeness (QED) is 0.653. The van der Waals surface area contributed by atoms with Crippen molar-refractivity contribution in [1.82, 2.24) is 10.2 Å². The highest BCUT2D eigenvalue weighted by atomic mass is 16.2. The molecule has 3 nitrogen and oxygen atoms in total. The smallest absolute Gasteiger partial charge is 0.240 e. The van der Waals surface area contributed by atoms with Gasteiger partial charge < -0.3 is 4.90 Å². The Balaban J connectivity index is 2.08. The molecule has 1 heterocycles. The zero-order chi connectivity index (χ0) is 8.72. The maximum absolute atomic E-state index is 11.5. The van der Waals surface area contributed by atoms with Gasteiger partial charge in [-0.05, 0) is 32.6 Å². The monoisotopic (exact) mass is 168 g/mol. The van der Waals surface area contributed by atoms with Gasteiger partial charge in [0.15, 0.2) is 0 Å². The summed E-state index contributed by atoms with van der Waals surface area (Å²) < 4.78 is 0. The van der Waals surface area contributed by atoms with E-state index in [2.05, 4.69) is 5.32 Å². The Morgan fingerprint density at radius 3 is 2.75 bits per heavy atom. The van der Waals surface area contributed by atoms with E-state index >= 15 is 0 Å². The first-order chi connectivity index (χ1) is 5.74.